The van der Waals surface area contributed by atoms with Crippen LogP contribution in [0.15, 0.2) is 53.5 Å². The van der Waals surface area contributed by atoms with Gasteiger partial charge in [0.15, 0.2) is 0 Å². The second-order valence-electron chi connectivity index (χ2n) is 9.34. The van der Waals surface area contributed by atoms with Crippen molar-refractivity contribution in [2.75, 3.05) is 13.1 Å². The van der Waals surface area contributed by atoms with E-state index in [1.165, 1.54) is 11.1 Å². The number of fused-ring (bicyclic) bond motifs is 2. The lowest BCUT2D eigenvalue weighted by molar-refractivity contribution is -0.122. The highest BCUT2D eigenvalue weighted by Gasteiger charge is 2.28. The molecule has 3 aliphatic rings. The first kappa shape index (κ1) is 20.9. The van der Waals surface area contributed by atoms with E-state index in [-0.39, 0.29) is 11.8 Å². The Labute approximate surface area is 189 Å². The Bertz CT molecular complexity index is 1210. The van der Waals surface area contributed by atoms with Gasteiger partial charge in [-0.1, -0.05) is 19.1 Å². The van der Waals surface area contributed by atoms with Crippen molar-refractivity contribution >= 4 is 17.0 Å². The maximum absolute atomic E-state index is 13.5. The lowest BCUT2D eigenvalue weighted by Gasteiger charge is -2.33. The number of allylic oxidation sites excluding steroid dienone is 5. The number of aromatic nitrogens is 3. The smallest absolute Gasteiger partial charge is 0.255 e. The summed E-state index contributed by atoms with van der Waals surface area (Å²) in [6.45, 7) is 10.3. The number of nitrogens with one attached hydrogen (secondary N) is 1. The summed E-state index contributed by atoms with van der Waals surface area (Å²) in [6, 6.07) is 2.06. The first-order valence-electron chi connectivity index (χ1n) is 11.6. The molecule has 5 heterocycles. The lowest BCUT2D eigenvalue weighted by Crippen LogP contribution is -2.32. The van der Waals surface area contributed by atoms with Crippen LogP contribution < -0.4 is 5.32 Å². The van der Waals surface area contributed by atoms with Gasteiger partial charge in [-0.05, 0) is 87.7 Å². The second-order valence-corrected chi connectivity index (χ2v) is 9.34. The molecule has 0 bridgehead atoms. The number of piperidine rings is 1. The van der Waals surface area contributed by atoms with Gasteiger partial charge in [-0.2, -0.15) is 5.10 Å². The molecular weight excluding hydrogens is 398 g/mol. The summed E-state index contributed by atoms with van der Waals surface area (Å²) < 4.78 is 1.88. The average molecular weight is 430 g/mol. The number of carbonyl (C=O) groups is 1. The molecule has 1 unspecified atom stereocenters. The third kappa shape index (κ3) is 3.73. The third-order valence-electron chi connectivity index (χ3n) is 6.90. The molecule has 32 heavy (non-hydrogen) atoms. The van der Waals surface area contributed by atoms with E-state index in [1.54, 1.807) is 6.08 Å². The molecule has 0 radical (unpaired) electrons. The monoisotopic (exact) mass is 429 g/mol. The number of amides is 1. The summed E-state index contributed by atoms with van der Waals surface area (Å²) >= 11 is 0. The predicted octanol–water partition coefficient (Wildman–Crippen LogP) is 4.33. The molecule has 1 saturated heterocycles. The molecule has 1 amide bonds. The van der Waals surface area contributed by atoms with Crippen LogP contribution in [-0.4, -0.2) is 38.5 Å². The minimum absolute atomic E-state index is 0.000215. The molecule has 1 N–H and O–H groups in total. The number of aryl methyl sites for hydroxylation is 2. The molecule has 2 aromatic heterocycles. The number of nitrogens with zero attached hydrogens (tertiary/aromatic N) is 4. The molecule has 0 spiro atoms. The molecule has 0 aliphatic carbocycles. The Morgan fingerprint density at radius 1 is 1.12 bits per heavy atom. The molecule has 3 aliphatic heterocycles. The van der Waals surface area contributed by atoms with Crippen LogP contribution in [0.4, 0.5) is 0 Å². The Morgan fingerprint density at radius 3 is 2.69 bits per heavy atom. The van der Waals surface area contributed by atoms with Crippen LogP contribution in [0.25, 0.3) is 11.1 Å². The molecule has 166 valence electrons. The van der Waals surface area contributed by atoms with Gasteiger partial charge in [-0.3, -0.25) is 14.7 Å². The van der Waals surface area contributed by atoms with Crippen molar-refractivity contribution in [2.24, 2.45) is 11.8 Å². The highest BCUT2D eigenvalue weighted by molar-refractivity contribution is 5.98. The first-order chi connectivity index (χ1) is 15.4. The molecule has 1 fully saturated rings. The van der Waals surface area contributed by atoms with Gasteiger partial charge in [0.05, 0.1) is 28.8 Å². The van der Waals surface area contributed by atoms with Crippen LogP contribution in [0, 0.1) is 25.7 Å². The fourth-order valence-electron chi connectivity index (χ4n) is 5.11. The molecule has 0 aromatic carbocycles. The molecule has 5 rings (SSSR count). The van der Waals surface area contributed by atoms with E-state index in [0.717, 1.165) is 66.2 Å². The van der Waals surface area contributed by atoms with E-state index >= 15 is 0 Å². The maximum atomic E-state index is 13.5. The van der Waals surface area contributed by atoms with Crippen molar-refractivity contribution in [1.82, 2.24) is 24.8 Å². The number of hydrogen-bond acceptors (Lipinski definition) is 4. The SMILES string of the molecule is CC1=CC(C2CCNCC2)=CN2C(=O)C=C(c3cc4c(C)nc(C)cn4n3)C(C)CC=C12. The zero-order chi connectivity index (χ0) is 22.4. The van der Waals surface area contributed by atoms with E-state index in [4.69, 9.17) is 5.10 Å². The summed E-state index contributed by atoms with van der Waals surface area (Å²) in [5.41, 5.74) is 8.14. The van der Waals surface area contributed by atoms with Crippen molar-refractivity contribution in [1.29, 1.82) is 0 Å². The highest BCUT2D eigenvalue weighted by atomic mass is 16.2. The van der Waals surface area contributed by atoms with Gasteiger partial charge in [0.2, 0.25) is 0 Å². The third-order valence-corrected chi connectivity index (χ3v) is 6.90. The first-order valence-corrected chi connectivity index (χ1v) is 11.6. The van der Waals surface area contributed by atoms with Gasteiger partial charge in [0.25, 0.3) is 5.91 Å². The van der Waals surface area contributed by atoms with Gasteiger partial charge in [-0.15, -0.1) is 0 Å². The van der Waals surface area contributed by atoms with Gasteiger partial charge in [0.1, 0.15) is 0 Å². The Hall–Kier alpha value is -2.99. The highest BCUT2D eigenvalue weighted by Crippen LogP contribution is 2.35. The normalized spacial score (nSPS) is 22.6. The second kappa shape index (κ2) is 8.17. The molecule has 6 nitrogen and oxygen atoms in total. The van der Waals surface area contributed by atoms with Crippen LogP contribution in [-0.2, 0) is 4.79 Å². The minimum atomic E-state index is -0.000215. The fourth-order valence-corrected chi connectivity index (χ4v) is 5.11. The van der Waals surface area contributed by atoms with Gasteiger partial charge < -0.3 is 5.32 Å². The summed E-state index contributed by atoms with van der Waals surface area (Å²) in [7, 11) is 0. The van der Waals surface area contributed by atoms with Gasteiger partial charge in [0, 0.05) is 18.0 Å². The zero-order valence-electron chi connectivity index (χ0n) is 19.4. The van der Waals surface area contributed by atoms with E-state index in [1.807, 2.05) is 29.5 Å². The summed E-state index contributed by atoms with van der Waals surface area (Å²) in [4.78, 5) is 19.9. The quantitative estimate of drug-likeness (QED) is 0.772. The maximum Gasteiger partial charge on any atom is 0.255 e. The van der Waals surface area contributed by atoms with Crippen LogP contribution in [0.5, 0.6) is 0 Å². The topological polar surface area (TPSA) is 62.5 Å². The van der Waals surface area contributed by atoms with Crippen molar-refractivity contribution in [3.8, 4) is 0 Å². The van der Waals surface area contributed by atoms with Crippen LogP contribution >= 0.6 is 0 Å². The van der Waals surface area contributed by atoms with Crippen molar-refractivity contribution < 1.29 is 4.79 Å². The Kier molecular flexibility index (Phi) is 5.33. The number of rotatable bonds is 2. The van der Waals surface area contributed by atoms with Gasteiger partial charge in [-0.25, -0.2) is 4.52 Å². The van der Waals surface area contributed by atoms with Crippen LogP contribution in [0.1, 0.15) is 50.2 Å². The summed E-state index contributed by atoms with van der Waals surface area (Å²) in [5, 5.41) is 8.24. The largest absolute Gasteiger partial charge is 0.317 e. The van der Waals surface area contributed by atoms with E-state index < -0.39 is 0 Å². The molecule has 1 atom stereocenters. The molecule has 2 aromatic rings. The molecule has 6 heteroatoms. The molecule has 0 saturated carbocycles. The zero-order valence-corrected chi connectivity index (χ0v) is 19.4. The number of hydrogen-bond donors (Lipinski definition) is 1. The van der Waals surface area contributed by atoms with E-state index in [0.29, 0.717) is 5.92 Å². The minimum Gasteiger partial charge on any atom is -0.317 e. The summed E-state index contributed by atoms with van der Waals surface area (Å²) in [6.07, 6.45) is 13.4. The number of carbonyl (C=O) groups excluding carboxylic acids is 1. The summed E-state index contributed by atoms with van der Waals surface area (Å²) in [5.74, 6) is 0.695. The fraction of sp³-hybridized carbons (Fsp3) is 0.423. The van der Waals surface area contributed by atoms with E-state index in [9.17, 15) is 4.79 Å². The van der Waals surface area contributed by atoms with Crippen molar-refractivity contribution in [3.05, 3.63) is 70.6 Å². The predicted molar refractivity (Wildman–Crippen MR) is 127 cm³/mol. The van der Waals surface area contributed by atoms with Gasteiger partial charge >= 0.3 is 0 Å². The Balaban J connectivity index is 1.53. The van der Waals surface area contributed by atoms with Crippen LogP contribution in [0.2, 0.25) is 0 Å². The molecular formula is C26H31N5O. The Morgan fingerprint density at radius 2 is 1.91 bits per heavy atom. The van der Waals surface area contributed by atoms with Crippen LogP contribution in [0.3, 0.4) is 0 Å². The standard InChI is InChI=1S/C26H31N5O/c1-16-5-6-24-17(2)11-21(20-7-9-27-10-8-20)15-30(24)26(32)12-22(16)23-13-25-19(4)28-18(3)14-31(25)29-23/h6,11-16,20,27H,5,7-10H2,1-4H3. The lowest BCUT2D eigenvalue weighted by atomic mass is 9.86. The average Bonchev–Trinajstić information content (AvgIpc) is 3.19. The van der Waals surface area contributed by atoms with E-state index in [2.05, 4.69) is 48.6 Å². The van der Waals surface area contributed by atoms with Crippen molar-refractivity contribution in [2.45, 2.75) is 47.0 Å². The van der Waals surface area contributed by atoms with Crippen molar-refractivity contribution in [3.63, 3.8) is 0 Å².